The van der Waals surface area contributed by atoms with Crippen LogP contribution in [0, 0.1) is 4.91 Å². The lowest BCUT2D eigenvalue weighted by Gasteiger charge is -1.74. The monoisotopic (exact) mass is 175 g/mol. The lowest BCUT2D eigenvalue weighted by molar-refractivity contribution is 1.23. The molecule has 0 aromatic rings. The molecule has 0 aliphatic heterocycles. The Hall–Kier alpha value is -1.70. The molecule has 0 heterocycles. The lowest BCUT2D eigenvalue weighted by Crippen LogP contribution is -1.63. The van der Waals surface area contributed by atoms with Crippen molar-refractivity contribution in [3.63, 3.8) is 0 Å². The summed E-state index contributed by atoms with van der Waals surface area (Å²) in [7, 11) is 0. The fourth-order valence-corrected chi connectivity index (χ4v) is 0.582. The van der Waals surface area contributed by atoms with E-state index in [1.807, 2.05) is 36.5 Å². The van der Waals surface area contributed by atoms with Crippen LogP contribution in [0.3, 0.4) is 0 Å². The maximum Gasteiger partial charge on any atom is 0.0995 e. The largest absolute Gasteiger partial charge is 0.150 e. The van der Waals surface area contributed by atoms with Crippen LogP contribution >= 0.6 is 0 Å². The van der Waals surface area contributed by atoms with E-state index in [9.17, 15) is 4.91 Å². The highest BCUT2D eigenvalue weighted by atomic mass is 16.3. The van der Waals surface area contributed by atoms with E-state index in [0.717, 1.165) is 0 Å². The summed E-state index contributed by atoms with van der Waals surface area (Å²) in [6, 6.07) is 0. The van der Waals surface area contributed by atoms with Crippen molar-refractivity contribution in [1.29, 1.82) is 0 Å². The number of hydrogen-bond donors (Lipinski definition) is 0. The molecule has 0 bridgehead atoms. The van der Waals surface area contributed by atoms with E-state index >= 15 is 0 Å². The molecule has 0 fully saturated rings. The molecular weight excluding hydrogens is 162 g/mol. The fraction of sp³-hybridized carbons (Fsp3) is 0.0909. The molecule has 0 unspecified atom stereocenters. The first kappa shape index (κ1) is 11.3. The predicted octanol–water partition coefficient (Wildman–Crippen LogP) is 3.16. The van der Waals surface area contributed by atoms with Crippen molar-refractivity contribution in [3.05, 3.63) is 66.2 Å². The van der Waals surface area contributed by atoms with Gasteiger partial charge in [-0.15, -0.1) is 0 Å². The Morgan fingerprint density at radius 2 is 1.46 bits per heavy atom. The molecule has 0 spiro atoms. The van der Waals surface area contributed by atoms with Crippen LogP contribution in [0.5, 0.6) is 0 Å². The topological polar surface area (TPSA) is 29.4 Å². The van der Waals surface area contributed by atoms with E-state index in [2.05, 4.69) is 11.8 Å². The Bertz CT molecular complexity index is 247. The minimum atomic E-state index is 0.227. The fourth-order valence-electron chi connectivity index (χ4n) is 0.582. The normalized spacial score (nSPS) is 12.3. The van der Waals surface area contributed by atoms with Gasteiger partial charge in [-0.3, -0.25) is 0 Å². The van der Waals surface area contributed by atoms with Crippen LogP contribution in [0.15, 0.2) is 66.4 Å². The molecule has 0 aliphatic rings. The van der Waals surface area contributed by atoms with Gasteiger partial charge in [0.2, 0.25) is 0 Å². The van der Waals surface area contributed by atoms with Crippen molar-refractivity contribution in [3.8, 4) is 0 Å². The molecule has 0 atom stereocenters. The van der Waals surface area contributed by atoms with Gasteiger partial charge in [-0.05, 0) is 0 Å². The number of rotatable bonds is 6. The highest BCUT2D eigenvalue weighted by Crippen LogP contribution is 1.82. The van der Waals surface area contributed by atoms with Gasteiger partial charge in [0.1, 0.15) is 0 Å². The summed E-state index contributed by atoms with van der Waals surface area (Å²) >= 11 is 0. The minimum Gasteiger partial charge on any atom is -0.150 e. The molecule has 0 aliphatic carbocycles. The maximum atomic E-state index is 9.65. The summed E-state index contributed by atoms with van der Waals surface area (Å²) in [5.74, 6) is 0. The molecule has 0 rings (SSSR count). The third kappa shape index (κ3) is 10.3. The first-order valence-electron chi connectivity index (χ1n) is 3.98. The van der Waals surface area contributed by atoms with Gasteiger partial charge in [0.05, 0.1) is 6.54 Å². The number of nitrogens with zero attached hydrogens (tertiary/aromatic N) is 1. The summed E-state index contributed by atoms with van der Waals surface area (Å²) in [5.41, 5.74) is 0. The molecule has 2 nitrogen and oxygen atoms in total. The summed E-state index contributed by atoms with van der Waals surface area (Å²) in [5, 5.41) is 2.68. The van der Waals surface area contributed by atoms with E-state index in [1.165, 1.54) is 0 Å². The zero-order valence-electron chi connectivity index (χ0n) is 7.47. The summed E-state index contributed by atoms with van der Waals surface area (Å²) in [4.78, 5) is 9.65. The molecule has 0 aromatic carbocycles. The van der Waals surface area contributed by atoms with Crippen molar-refractivity contribution in [1.82, 2.24) is 0 Å². The Morgan fingerprint density at radius 1 is 0.923 bits per heavy atom. The Labute approximate surface area is 78.6 Å². The second-order valence-corrected chi connectivity index (χ2v) is 2.13. The van der Waals surface area contributed by atoms with Crippen LogP contribution in [0.2, 0.25) is 0 Å². The van der Waals surface area contributed by atoms with E-state index in [0.29, 0.717) is 0 Å². The summed E-state index contributed by atoms with van der Waals surface area (Å²) in [6.45, 7) is 3.77. The average Bonchev–Trinajstić information content (AvgIpc) is 2.16. The standard InChI is InChI=1S/C11H13NO/c1-2-3-4-5-6-7-8-9-10-11-12-13/h2-10H,1,11H2/b4-3-,6-5-,8-7-,10-9-. The molecule has 0 N–H and O–H groups in total. The number of hydrogen-bond acceptors (Lipinski definition) is 2. The van der Waals surface area contributed by atoms with Crippen LogP contribution in [0.1, 0.15) is 0 Å². The molecule has 13 heavy (non-hydrogen) atoms. The van der Waals surface area contributed by atoms with Gasteiger partial charge in [-0.1, -0.05) is 66.4 Å². The highest BCUT2D eigenvalue weighted by molar-refractivity contribution is 5.17. The number of nitroso groups, excluding NO2 is 1. The van der Waals surface area contributed by atoms with E-state index < -0.39 is 0 Å². The molecule has 0 saturated carbocycles. The first-order valence-corrected chi connectivity index (χ1v) is 3.98. The zero-order chi connectivity index (χ0) is 9.78. The molecule has 0 radical (unpaired) electrons. The van der Waals surface area contributed by atoms with E-state index in [4.69, 9.17) is 0 Å². The van der Waals surface area contributed by atoms with Gasteiger partial charge in [0.25, 0.3) is 0 Å². The molecule has 2 heteroatoms. The zero-order valence-corrected chi connectivity index (χ0v) is 7.47. The van der Waals surface area contributed by atoms with Gasteiger partial charge in [-0.25, -0.2) is 0 Å². The van der Waals surface area contributed by atoms with E-state index in [-0.39, 0.29) is 6.54 Å². The summed E-state index contributed by atoms with van der Waals surface area (Å²) in [6.07, 6.45) is 16.4. The average molecular weight is 175 g/mol. The second-order valence-electron chi connectivity index (χ2n) is 2.13. The Morgan fingerprint density at radius 3 is 2.00 bits per heavy atom. The SMILES string of the molecule is C=C\C=C/C=C\C=C/C=C\CN=O. The molecular formula is C11H13NO. The second kappa shape index (κ2) is 10.3. The molecule has 0 amide bonds. The van der Waals surface area contributed by atoms with Crippen LogP contribution < -0.4 is 0 Å². The Kier molecular flexibility index (Phi) is 8.95. The quantitative estimate of drug-likeness (QED) is 0.450. The lowest BCUT2D eigenvalue weighted by atomic mass is 10.4. The van der Waals surface area contributed by atoms with Crippen LogP contribution in [0.25, 0.3) is 0 Å². The van der Waals surface area contributed by atoms with Crippen molar-refractivity contribution in [2.24, 2.45) is 5.18 Å². The third-order valence-electron chi connectivity index (χ3n) is 1.12. The van der Waals surface area contributed by atoms with Crippen molar-refractivity contribution in [2.75, 3.05) is 6.54 Å². The van der Waals surface area contributed by atoms with Crippen molar-refractivity contribution in [2.45, 2.75) is 0 Å². The van der Waals surface area contributed by atoms with Crippen LogP contribution in [-0.2, 0) is 0 Å². The van der Waals surface area contributed by atoms with Crippen LogP contribution in [-0.4, -0.2) is 6.54 Å². The minimum absolute atomic E-state index is 0.227. The van der Waals surface area contributed by atoms with Gasteiger partial charge < -0.3 is 0 Å². The van der Waals surface area contributed by atoms with Crippen LogP contribution in [0.4, 0.5) is 0 Å². The first-order chi connectivity index (χ1) is 6.41. The molecule has 0 aromatic heterocycles. The van der Waals surface area contributed by atoms with Gasteiger partial charge in [0.15, 0.2) is 0 Å². The maximum absolute atomic E-state index is 9.65. The third-order valence-corrected chi connectivity index (χ3v) is 1.12. The smallest absolute Gasteiger partial charge is 0.0995 e. The van der Waals surface area contributed by atoms with Gasteiger partial charge >= 0.3 is 0 Å². The summed E-state index contributed by atoms with van der Waals surface area (Å²) < 4.78 is 0. The van der Waals surface area contributed by atoms with E-state index in [1.54, 1.807) is 18.2 Å². The van der Waals surface area contributed by atoms with Gasteiger partial charge in [-0.2, -0.15) is 4.91 Å². The van der Waals surface area contributed by atoms with Gasteiger partial charge in [0, 0.05) is 0 Å². The molecule has 68 valence electrons. The molecule has 0 saturated heterocycles. The Balaban J connectivity index is 3.61. The van der Waals surface area contributed by atoms with Crippen molar-refractivity contribution < 1.29 is 0 Å². The highest BCUT2D eigenvalue weighted by Gasteiger charge is 1.67. The predicted molar refractivity (Wildman–Crippen MR) is 57.4 cm³/mol. The van der Waals surface area contributed by atoms with Crippen molar-refractivity contribution >= 4 is 0 Å². The number of allylic oxidation sites excluding steroid dienone is 8.